The topological polar surface area (TPSA) is 12.0 Å². The lowest BCUT2D eigenvalue weighted by Gasteiger charge is -2.19. The summed E-state index contributed by atoms with van der Waals surface area (Å²) in [4.78, 5) is 0. The fourth-order valence-electron chi connectivity index (χ4n) is 2.53. The van der Waals surface area contributed by atoms with Crippen molar-refractivity contribution in [2.75, 3.05) is 0 Å². The third-order valence-electron chi connectivity index (χ3n) is 3.78. The normalized spacial score (nSPS) is 16.1. The van der Waals surface area contributed by atoms with Crippen LogP contribution in [0.25, 0.3) is 0 Å². The van der Waals surface area contributed by atoms with Crippen LogP contribution in [0.1, 0.15) is 30.0 Å². The van der Waals surface area contributed by atoms with Crippen LogP contribution in [0.2, 0.25) is 5.02 Å². The lowest BCUT2D eigenvalue weighted by Crippen LogP contribution is -2.22. The first-order valence-corrected chi connectivity index (χ1v) is 8.13. The van der Waals surface area contributed by atoms with Gasteiger partial charge in [0.15, 0.2) is 0 Å². The van der Waals surface area contributed by atoms with Crippen LogP contribution in [-0.2, 0) is 6.54 Å². The summed E-state index contributed by atoms with van der Waals surface area (Å²) in [5.41, 5.74) is 2.64. The Morgan fingerprint density at radius 2 is 1.90 bits per heavy atom. The molecule has 1 saturated carbocycles. The highest BCUT2D eigenvalue weighted by Gasteiger charge is 2.31. The van der Waals surface area contributed by atoms with Crippen LogP contribution in [0.5, 0.6) is 0 Å². The molecule has 3 rings (SSSR count). The summed E-state index contributed by atoms with van der Waals surface area (Å²) in [6.45, 7) is 0.855. The van der Waals surface area contributed by atoms with E-state index in [0.29, 0.717) is 6.04 Å². The van der Waals surface area contributed by atoms with E-state index in [9.17, 15) is 0 Å². The molecule has 0 heterocycles. The zero-order chi connectivity index (χ0) is 13.9. The summed E-state index contributed by atoms with van der Waals surface area (Å²) in [5.74, 6) is 0.781. The van der Waals surface area contributed by atoms with E-state index in [4.69, 9.17) is 11.6 Å². The molecule has 0 aromatic heterocycles. The average Bonchev–Trinajstić information content (AvgIpc) is 3.27. The highest BCUT2D eigenvalue weighted by molar-refractivity contribution is 9.10. The third-order valence-corrected chi connectivity index (χ3v) is 4.75. The molecule has 2 aromatic rings. The second-order valence-corrected chi connectivity index (χ2v) is 6.63. The second kappa shape index (κ2) is 6.30. The van der Waals surface area contributed by atoms with Gasteiger partial charge in [0.05, 0.1) is 0 Å². The van der Waals surface area contributed by atoms with Crippen molar-refractivity contribution in [2.45, 2.75) is 25.4 Å². The Morgan fingerprint density at radius 3 is 2.55 bits per heavy atom. The van der Waals surface area contributed by atoms with Gasteiger partial charge in [-0.2, -0.15) is 0 Å². The van der Waals surface area contributed by atoms with Gasteiger partial charge in [-0.05, 0) is 42.0 Å². The van der Waals surface area contributed by atoms with Crippen molar-refractivity contribution in [3.05, 3.63) is 69.2 Å². The monoisotopic (exact) mass is 349 g/mol. The van der Waals surface area contributed by atoms with Crippen LogP contribution < -0.4 is 5.32 Å². The molecule has 2 aromatic carbocycles. The highest BCUT2D eigenvalue weighted by atomic mass is 79.9. The van der Waals surface area contributed by atoms with Crippen LogP contribution >= 0.6 is 27.5 Å². The number of rotatable bonds is 5. The molecule has 3 heteroatoms. The molecule has 1 nitrogen and oxygen atoms in total. The summed E-state index contributed by atoms with van der Waals surface area (Å²) in [5, 5.41) is 4.47. The summed E-state index contributed by atoms with van der Waals surface area (Å²) in [7, 11) is 0. The molecule has 0 radical (unpaired) electrons. The first-order chi connectivity index (χ1) is 9.74. The molecule has 0 aliphatic heterocycles. The number of halogens is 2. The third kappa shape index (κ3) is 3.43. The first-order valence-electron chi connectivity index (χ1n) is 6.96. The molecule has 1 aliphatic carbocycles. The van der Waals surface area contributed by atoms with Crippen molar-refractivity contribution in [1.82, 2.24) is 5.32 Å². The van der Waals surface area contributed by atoms with E-state index >= 15 is 0 Å². The fraction of sp³-hybridized carbons (Fsp3) is 0.294. The predicted octanol–water partition coefficient (Wildman–Crippen LogP) is 5.34. The average molecular weight is 351 g/mol. The molecular weight excluding hydrogens is 334 g/mol. The zero-order valence-corrected chi connectivity index (χ0v) is 13.5. The Labute approximate surface area is 133 Å². The largest absolute Gasteiger partial charge is 0.306 e. The van der Waals surface area contributed by atoms with E-state index in [1.807, 2.05) is 12.1 Å². The van der Waals surface area contributed by atoms with E-state index in [-0.39, 0.29) is 0 Å². The fourth-order valence-corrected chi connectivity index (χ4v) is 3.35. The maximum atomic E-state index is 5.99. The quantitative estimate of drug-likeness (QED) is 0.767. The Morgan fingerprint density at radius 1 is 1.15 bits per heavy atom. The highest BCUT2D eigenvalue weighted by Crippen LogP contribution is 2.41. The lowest BCUT2D eigenvalue weighted by atomic mass is 10.0. The predicted molar refractivity (Wildman–Crippen MR) is 87.9 cm³/mol. The van der Waals surface area contributed by atoms with Crippen LogP contribution in [0.4, 0.5) is 0 Å². The number of nitrogens with one attached hydrogen (secondary N) is 1. The van der Waals surface area contributed by atoms with Gasteiger partial charge in [0.1, 0.15) is 0 Å². The second-order valence-electron chi connectivity index (χ2n) is 5.34. The molecule has 0 amide bonds. The summed E-state index contributed by atoms with van der Waals surface area (Å²) >= 11 is 9.57. The molecule has 20 heavy (non-hydrogen) atoms. The van der Waals surface area contributed by atoms with Crippen molar-refractivity contribution in [2.24, 2.45) is 5.92 Å². The summed E-state index contributed by atoms with van der Waals surface area (Å²) in [6.07, 6.45) is 2.66. The van der Waals surface area contributed by atoms with E-state index in [0.717, 1.165) is 22.0 Å². The van der Waals surface area contributed by atoms with Crippen LogP contribution in [0, 0.1) is 5.92 Å². The summed E-state index contributed by atoms with van der Waals surface area (Å²) in [6, 6.07) is 17.2. The molecule has 1 aliphatic rings. The van der Waals surface area contributed by atoms with Crippen molar-refractivity contribution in [3.8, 4) is 0 Å². The van der Waals surface area contributed by atoms with Gasteiger partial charge < -0.3 is 5.32 Å². The molecule has 104 valence electrons. The van der Waals surface area contributed by atoms with Crippen molar-refractivity contribution < 1.29 is 0 Å². The number of hydrogen-bond donors (Lipinski definition) is 1. The van der Waals surface area contributed by atoms with Crippen LogP contribution in [0.3, 0.4) is 0 Å². The minimum Gasteiger partial charge on any atom is -0.306 e. The van der Waals surface area contributed by atoms with Crippen LogP contribution in [0.15, 0.2) is 53.0 Å². The maximum Gasteiger partial charge on any atom is 0.0417 e. The smallest absolute Gasteiger partial charge is 0.0417 e. The molecule has 0 bridgehead atoms. The van der Waals surface area contributed by atoms with Gasteiger partial charge in [-0.15, -0.1) is 0 Å². The first kappa shape index (κ1) is 14.1. The molecule has 0 spiro atoms. The van der Waals surface area contributed by atoms with E-state index in [1.165, 1.54) is 24.0 Å². The van der Waals surface area contributed by atoms with Gasteiger partial charge in [0, 0.05) is 22.1 Å². The standard InChI is InChI=1S/C17H17BrClN/c18-16-10-15(19)9-8-14(16)11-20-17(13-6-7-13)12-4-2-1-3-5-12/h1-5,8-10,13,17,20H,6-7,11H2. The van der Waals surface area contributed by atoms with E-state index < -0.39 is 0 Å². The Kier molecular flexibility index (Phi) is 4.45. The van der Waals surface area contributed by atoms with Gasteiger partial charge in [-0.25, -0.2) is 0 Å². The van der Waals surface area contributed by atoms with Crippen molar-refractivity contribution in [3.63, 3.8) is 0 Å². The van der Waals surface area contributed by atoms with Crippen molar-refractivity contribution >= 4 is 27.5 Å². The number of hydrogen-bond acceptors (Lipinski definition) is 1. The Bertz CT molecular complexity index is 581. The van der Waals surface area contributed by atoms with E-state index in [2.05, 4.69) is 57.6 Å². The van der Waals surface area contributed by atoms with Gasteiger partial charge in [-0.1, -0.05) is 63.9 Å². The van der Waals surface area contributed by atoms with Crippen molar-refractivity contribution in [1.29, 1.82) is 0 Å². The SMILES string of the molecule is Clc1ccc(CNC(c2ccccc2)C2CC2)c(Br)c1. The van der Waals surface area contributed by atoms with Gasteiger partial charge in [-0.3, -0.25) is 0 Å². The van der Waals surface area contributed by atoms with Crippen LogP contribution in [-0.4, -0.2) is 0 Å². The minimum atomic E-state index is 0.457. The Balaban J connectivity index is 1.72. The maximum absolute atomic E-state index is 5.99. The molecule has 1 N–H and O–H groups in total. The molecule has 1 fully saturated rings. The van der Waals surface area contributed by atoms with E-state index in [1.54, 1.807) is 0 Å². The summed E-state index contributed by atoms with van der Waals surface area (Å²) < 4.78 is 1.07. The molecule has 1 unspecified atom stereocenters. The Hall–Kier alpha value is -0.830. The van der Waals surface area contributed by atoms with Gasteiger partial charge >= 0.3 is 0 Å². The number of benzene rings is 2. The zero-order valence-electron chi connectivity index (χ0n) is 11.2. The van der Waals surface area contributed by atoms with Gasteiger partial charge in [0.2, 0.25) is 0 Å². The molecular formula is C17H17BrClN. The molecule has 1 atom stereocenters. The molecule has 0 saturated heterocycles. The van der Waals surface area contributed by atoms with Gasteiger partial charge in [0.25, 0.3) is 0 Å². The minimum absolute atomic E-state index is 0.457. The lowest BCUT2D eigenvalue weighted by molar-refractivity contribution is 0.480.